The zero-order valence-electron chi connectivity index (χ0n) is 23.8. The Balaban J connectivity index is 1.22. The summed E-state index contributed by atoms with van der Waals surface area (Å²) in [5.41, 5.74) is 11.9. The Morgan fingerprint density at radius 2 is 1.44 bits per heavy atom. The molecule has 43 heavy (non-hydrogen) atoms. The normalized spacial score (nSPS) is 13.6. The molecule has 4 heteroatoms. The van der Waals surface area contributed by atoms with Crippen molar-refractivity contribution in [1.82, 2.24) is 9.55 Å². The molecule has 1 aliphatic carbocycles. The Morgan fingerprint density at radius 1 is 0.674 bits per heavy atom. The Hall–Kier alpha value is -5.48. The minimum absolute atomic E-state index is 0.00350. The molecule has 0 radical (unpaired) electrons. The van der Waals surface area contributed by atoms with Crippen molar-refractivity contribution >= 4 is 43.7 Å². The second kappa shape index (κ2) is 8.52. The fourth-order valence-electron chi connectivity index (χ4n) is 7.21. The molecule has 204 valence electrons. The highest BCUT2D eigenvalue weighted by Crippen LogP contribution is 2.53. The Bertz CT molecular complexity index is 2500. The van der Waals surface area contributed by atoms with Crippen LogP contribution >= 0.6 is 0 Å². The van der Waals surface area contributed by atoms with Gasteiger partial charge in [0.2, 0.25) is 5.43 Å². The van der Waals surface area contributed by atoms with E-state index in [2.05, 4.69) is 90.1 Å². The minimum Gasteiger partial charge on any atom is -0.456 e. The van der Waals surface area contributed by atoms with Crippen LogP contribution in [0, 0.1) is 0 Å². The molecule has 5 aromatic carbocycles. The maximum absolute atomic E-state index is 13.0. The summed E-state index contributed by atoms with van der Waals surface area (Å²) in [6, 6.07) is 37.3. The summed E-state index contributed by atoms with van der Waals surface area (Å²) in [5.74, 6) is 0. The highest BCUT2D eigenvalue weighted by molar-refractivity contribution is 6.17. The van der Waals surface area contributed by atoms with Gasteiger partial charge >= 0.3 is 0 Å². The zero-order chi connectivity index (χ0) is 28.9. The van der Waals surface area contributed by atoms with Gasteiger partial charge in [0.25, 0.3) is 0 Å². The van der Waals surface area contributed by atoms with Gasteiger partial charge in [0, 0.05) is 28.1 Å². The molecule has 4 nitrogen and oxygen atoms in total. The van der Waals surface area contributed by atoms with Crippen LogP contribution in [0.15, 0.2) is 131 Å². The predicted molar refractivity (Wildman–Crippen MR) is 175 cm³/mol. The molecule has 0 saturated heterocycles. The molecule has 0 bridgehead atoms. The van der Waals surface area contributed by atoms with Crippen LogP contribution in [0.5, 0.6) is 0 Å². The van der Waals surface area contributed by atoms with Crippen LogP contribution in [0.2, 0.25) is 0 Å². The molecule has 0 aliphatic heterocycles. The quantitative estimate of drug-likeness (QED) is 0.200. The highest BCUT2D eigenvalue weighted by Gasteiger charge is 2.37. The van der Waals surface area contributed by atoms with Gasteiger partial charge in [-0.25, -0.2) is 0 Å². The molecule has 0 spiro atoms. The number of hydrogen-bond acceptors (Lipinski definition) is 3. The van der Waals surface area contributed by atoms with E-state index in [9.17, 15) is 4.79 Å². The number of nitrogens with zero attached hydrogens (tertiary/aromatic N) is 2. The zero-order valence-corrected chi connectivity index (χ0v) is 23.8. The van der Waals surface area contributed by atoms with Gasteiger partial charge in [0.15, 0.2) is 0 Å². The van der Waals surface area contributed by atoms with Crippen LogP contribution in [-0.2, 0) is 5.41 Å². The Morgan fingerprint density at radius 3 is 2.33 bits per heavy atom. The fourth-order valence-corrected chi connectivity index (χ4v) is 7.21. The highest BCUT2D eigenvalue weighted by atomic mass is 16.3. The lowest BCUT2D eigenvalue weighted by molar-refractivity contribution is 0.660. The largest absolute Gasteiger partial charge is 0.456 e. The Labute approximate surface area is 247 Å². The first-order valence-electron chi connectivity index (χ1n) is 14.6. The first-order valence-corrected chi connectivity index (χ1v) is 14.6. The summed E-state index contributed by atoms with van der Waals surface area (Å²) in [5, 5.41) is 3.67. The fraction of sp³-hybridized carbons (Fsp3) is 0.0769. The molecule has 0 amide bonds. The van der Waals surface area contributed by atoms with Gasteiger partial charge in [0.1, 0.15) is 11.2 Å². The summed E-state index contributed by atoms with van der Waals surface area (Å²) < 4.78 is 8.45. The van der Waals surface area contributed by atoms with Gasteiger partial charge in [-0.1, -0.05) is 74.5 Å². The van der Waals surface area contributed by atoms with E-state index in [1.807, 2.05) is 54.9 Å². The molecular formula is C39H26N2O2. The van der Waals surface area contributed by atoms with E-state index in [1.54, 1.807) is 0 Å². The van der Waals surface area contributed by atoms with E-state index in [-0.39, 0.29) is 10.8 Å². The molecule has 0 saturated carbocycles. The molecule has 9 rings (SSSR count). The summed E-state index contributed by atoms with van der Waals surface area (Å²) in [6.07, 6.45) is 3.86. The van der Waals surface area contributed by atoms with Crippen molar-refractivity contribution in [2.75, 3.05) is 0 Å². The lowest BCUT2D eigenvalue weighted by Crippen LogP contribution is -2.14. The van der Waals surface area contributed by atoms with Crippen molar-refractivity contribution in [1.29, 1.82) is 0 Å². The smallest absolute Gasteiger partial charge is 0.200 e. The third kappa shape index (κ3) is 3.26. The number of pyridine rings is 1. The topological polar surface area (TPSA) is 48.0 Å². The number of aromatic nitrogens is 2. The molecule has 0 unspecified atom stereocenters. The van der Waals surface area contributed by atoms with Crippen LogP contribution in [0.4, 0.5) is 0 Å². The molecular weight excluding hydrogens is 528 g/mol. The molecule has 0 fully saturated rings. The first-order chi connectivity index (χ1) is 21.0. The van der Waals surface area contributed by atoms with E-state index in [0.29, 0.717) is 21.9 Å². The monoisotopic (exact) mass is 554 g/mol. The van der Waals surface area contributed by atoms with E-state index in [1.165, 1.54) is 38.5 Å². The Kier molecular flexibility index (Phi) is 4.79. The third-order valence-corrected chi connectivity index (χ3v) is 9.31. The van der Waals surface area contributed by atoms with Crippen molar-refractivity contribution < 1.29 is 4.42 Å². The van der Waals surface area contributed by atoms with Crippen molar-refractivity contribution in [2.45, 2.75) is 19.3 Å². The van der Waals surface area contributed by atoms with Crippen LogP contribution in [0.3, 0.4) is 0 Å². The average molecular weight is 555 g/mol. The van der Waals surface area contributed by atoms with E-state index in [4.69, 9.17) is 4.42 Å². The van der Waals surface area contributed by atoms with Crippen LogP contribution in [0.25, 0.3) is 71.7 Å². The summed E-state index contributed by atoms with van der Waals surface area (Å²) >= 11 is 0. The number of hydrogen-bond donors (Lipinski definition) is 0. The maximum Gasteiger partial charge on any atom is 0.200 e. The lowest BCUT2D eigenvalue weighted by atomic mass is 9.82. The summed E-state index contributed by atoms with van der Waals surface area (Å²) in [7, 11) is 0. The van der Waals surface area contributed by atoms with Crippen molar-refractivity contribution in [3.63, 3.8) is 0 Å². The van der Waals surface area contributed by atoms with Crippen LogP contribution < -0.4 is 5.43 Å². The SMILES string of the molecule is CC1(C)c2ccccc2-c2c1ccc1c2c2ccncc2n1-c1ccc(-c2ccc3c(=O)c4ccccc4oc3c2)cc1. The average Bonchev–Trinajstić information content (AvgIpc) is 3.50. The van der Waals surface area contributed by atoms with Gasteiger partial charge in [-0.15, -0.1) is 0 Å². The van der Waals surface area contributed by atoms with E-state index >= 15 is 0 Å². The molecule has 1 aliphatic rings. The van der Waals surface area contributed by atoms with Gasteiger partial charge in [0.05, 0.1) is 28.0 Å². The lowest BCUT2D eigenvalue weighted by Gasteiger charge is -2.21. The van der Waals surface area contributed by atoms with Crippen LogP contribution in [-0.4, -0.2) is 9.55 Å². The molecule has 8 aromatic rings. The van der Waals surface area contributed by atoms with Gasteiger partial charge < -0.3 is 8.98 Å². The summed E-state index contributed by atoms with van der Waals surface area (Å²) in [6.45, 7) is 4.65. The molecule has 3 heterocycles. The number of para-hydroxylation sites is 1. The van der Waals surface area contributed by atoms with E-state index in [0.717, 1.165) is 22.3 Å². The second-order valence-electron chi connectivity index (χ2n) is 12.0. The minimum atomic E-state index is -0.0610. The number of rotatable bonds is 2. The van der Waals surface area contributed by atoms with Gasteiger partial charge in [-0.3, -0.25) is 9.78 Å². The van der Waals surface area contributed by atoms with Crippen LogP contribution in [0.1, 0.15) is 25.0 Å². The molecule has 3 aromatic heterocycles. The second-order valence-corrected chi connectivity index (χ2v) is 12.0. The van der Waals surface area contributed by atoms with E-state index < -0.39 is 0 Å². The summed E-state index contributed by atoms with van der Waals surface area (Å²) in [4.78, 5) is 17.6. The first kappa shape index (κ1) is 24.2. The maximum atomic E-state index is 13.0. The standard InChI is InChI=1S/C39H26N2O2/c1-39(2)30-9-5-3-7-26(30)36-31(39)17-18-32-37(36)27-19-20-40-22-33(27)41(32)25-14-11-23(12-15-25)24-13-16-29-35(21-24)43-34-10-6-4-8-28(34)38(29)42/h3-22H,1-2H3. The van der Waals surface area contributed by atoms with Crippen molar-refractivity contribution in [2.24, 2.45) is 0 Å². The van der Waals surface area contributed by atoms with Gasteiger partial charge in [-0.2, -0.15) is 0 Å². The number of fused-ring (bicyclic) bond motifs is 9. The third-order valence-electron chi connectivity index (χ3n) is 9.31. The van der Waals surface area contributed by atoms with Gasteiger partial charge in [-0.05, 0) is 81.9 Å². The predicted octanol–water partition coefficient (Wildman–Crippen LogP) is 9.41. The van der Waals surface area contributed by atoms with Crippen molar-refractivity contribution in [3.05, 3.63) is 143 Å². The number of benzene rings is 5. The van der Waals surface area contributed by atoms with Crippen molar-refractivity contribution in [3.8, 4) is 27.9 Å². The molecule has 0 atom stereocenters. The molecule has 0 N–H and O–H groups in total.